The van der Waals surface area contributed by atoms with Crippen LogP contribution in [-0.4, -0.2) is 5.67 Å². The average Bonchev–Trinajstić information content (AvgIpc) is 2.07. The Morgan fingerprint density at radius 2 is 1.93 bits per heavy atom. The van der Waals surface area contributed by atoms with Crippen LogP contribution in [0.1, 0.15) is 25.5 Å². The first kappa shape index (κ1) is 10.6. The third-order valence-corrected chi connectivity index (χ3v) is 1.98. The minimum absolute atomic E-state index is 0.120. The summed E-state index contributed by atoms with van der Waals surface area (Å²) < 4.78 is 26.8. The molecule has 0 aromatic heterocycles. The SMILES string of the molecule is [C-]#[N+]C(c1ccccc1F)C(C)(C)F. The van der Waals surface area contributed by atoms with E-state index in [0.29, 0.717) is 0 Å². The fraction of sp³-hybridized carbons (Fsp3) is 0.364. The van der Waals surface area contributed by atoms with Crippen molar-refractivity contribution in [3.63, 3.8) is 0 Å². The van der Waals surface area contributed by atoms with E-state index in [2.05, 4.69) is 4.85 Å². The maximum atomic E-state index is 13.5. The normalized spacial score (nSPS) is 13.4. The molecule has 0 fully saturated rings. The summed E-state index contributed by atoms with van der Waals surface area (Å²) in [6, 6.07) is 4.72. The summed E-state index contributed by atoms with van der Waals surface area (Å²) in [4.78, 5) is 3.13. The van der Waals surface area contributed by atoms with Gasteiger partial charge in [-0.3, -0.25) is 0 Å². The van der Waals surface area contributed by atoms with Crippen LogP contribution >= 0.6 is 0 Å². The number of benzene rings is 1. The van der Waals surface area contributed by atoms with Gasteiger partial charge in [-0.15, -0.1) is 0 Å². The van der Waals surface area contributed by atoms with Gasteiger partial charge in [-0.2, -0.15) is 0 Å². The smallest absolute Gasteiger partial charge is 0.284 e. The average molecular weight is 195 g/mol. The third kappa shape index (κ3) is 2.08. The highest BCUT2D eigenvalue weighted by Crippen LogP contribution is 2.33. The molecule has 1 unspecified atom stereocenters. The molecule has 0 heterocycles. The van der Waals surface area contributed by atoms with Crippen LogP contribution in [0.4, 0.5) is 8.78 Å². The Morgan fingerprint density at radius 3 is 2.36 bits per heavy atom. The van der Waals surface area contributed by atoms with Crippen molar-refractivity contribution in [1.29, 1.82) is 0 Å². The summed E-state index contributed by atoms with van der Waals surface area (Å²) in [6.45, 7) is 9.43. The van der Waals surface area contributed by atoms with Crippen molar-refractivity contribution in [2.24, 2.45) is 0 Å². The molecule has 0 spiro atoms. The molecule has 0 saturated heterocycles. The number of halogens is 2. The van der Waals surface area contributed by atoms with Gasteiger partial charge in [0.05, 0.1) is 5.56 Å². The van der Waals surface area contributed by atoms with Crippen molar-refractivity contribution >= 4 is 0 Å². The van der Waals surface area contributed by atoms with E-state index in [1.54, 1.807) is 6.07 Å². The first-order valence-corrected chi connectivity index (χ1v) is 4.26. The van der Waals surface area contributed by atoms with E-state index >= 15 is 0 Å². The zero-order chi connectivity index (χ0) is 10.8. The lowest BCUT2D eigenvalue weighted by molar-refractivity contribution is 0.190. The van der Waals surface area contributed by atoms with E-state index in [-0.39, 0.29) is 5.56 Å². The van der Waals surface area contributed by atoms with Crippen molar-refractivity contribution in [2.75, 3.05) is 0 Å². The van der Waals surface area contributed by atoms with Gasteiger partial charge >= 0.3 is 0 Å². The van der Waals surface area contributed by atoms with Crippen LogP contribution in [0.5, 0.6) is 0 Å². The Hall–Kier alpha value is -1.43. The molecule has 0 radical (unpaired) electrons. The number of nitrogens with zero attached hydrogens (tertiary/aromatic N) is 1. The van der Waals surface area contributed by atoms with Gasteiger partial charge in [-0.05, 0) is 26.0 Å². The van der Waals surface area contributed by atoms with E-state index in [1.165, 1.54) is 32.0 Å². The number of alkyl halides is 1. The molecular weight excluding hydrogens is 184 g/mol. The van der Waals surface area contributed by atoms with E-state index in [0.717, 1.165) is 0 Å². The fourth-order valence-corrected chi connectivity index (χ4v) is 1.29. The maximum absolute atomic E-state index is 13.5. The van der Waals surface area contributed by atoms with Gasteiger partial charge in [0.25, 0.3) is 6.04 Å². The summed E-state index contributed by atoms with van der Waals surface area (Å²) in [5.74, 6) is -0.528. The molecule has 1 aromatic carbocycles. The quantitative estimate of drug-likeness (QED) is 0.636. The van der Waals surface area contributed by atoms with Crippen molar-refractivity contribution in [1.82, 2.24) is 0 Å². The van der Waals surface area contributed by atoms with Crippen molar-refractivity contribution < 1.29 is 8.78 Å². The number of hydrogen-bond donors (Lipinski definition) is 0. The fourth-order valence-electron chi connectivity index (χ4n) is 1.29. The summed E-state index contributed by atoms with van der Waals surface area (Å²) in [5.41, 5.74) is -1.61. The van der Waals surface area contributed by atoms with Crippen molar-refractivity contribution in [2.45, 2.75) is 25.6 Å². The lowest BCUT2D eigenvalue weighted by atomic mass is 9.94. The van der Waals surface area contributed by atoms with E-state index < -0.39 is 17.5 Å². The van der Waals surface area contributed by atoms with Gasteiger partial charge in [0, 0.05) is 0 Å². The van der Waals surface area contributed by atoms with Crippen LogP contribution in [0.25, 0.3) is 4.85 Å². The second-order valence-corrected chi connectivity index (χ2v) is 3.62. The molecule has 1 nitrogen and oxygen atoms in total. The van der Waals surface area contributed by atoms with Crippen molar-refractivity contribution in [3.05, 3.63) is 47.1 Å². The van der Waals surface area contributed by atoms with Crippen LogP contribution in [-0.2, 0) is 0 Å². The lowest BCUT2D eigenvalue weighted by Gasteiger charge is -2.16. The zero-order valence-electron chi connectivity index (χ0n) is 8.09. The Kier molecular flexibility index (Phi) is 2.85. The number of hydrogen-bond acceptors (Lipinski definition) is 0. The zero-order valence-corrected chi connectivity index (χ0v) is 8.09. The van der Waals surface area contributed by atoms with Crippen molar-refractivity contribution in [3.8, 4) is 0 Å². The molecule has 1 rings (SSSR count). The van der Waals surface area contributed by atoms with Gasteiger partial charge in [0.2, 0.25) is 0 Å². The molecular formula is C11H11F2N. The van der Waals surface area contributed by atoms with E-state index in [9.17, 15) is 8.78 Å². The molecule has 0 bridgehead atoms. The minimum atomic E-state index is -1.73. The monoisotopic (exact) mass is 195 g/mol. The molecule has 74 valence electrons. The van der Waals surface area contributed by atoms with E-state index in [4.69, 9.17) is 6.57 Å². The molecule has 0 saturated carbocycles. The lowest BCUT2D eigenvalue weighted by Crippen LogP contribution is -2.22. The van der Waals surface area contributed by atoms with Crippen LogP contribution in [0, 0.1) is 12.4 Å². The predicted molar refractivity (Wildman–Crippen MR) is 50.9 cm³/mol. The second-order valence-electron chi connectivity index (χ2n) is 3.62. The van der Waals surface area contributed by atoms with Crippen LogP contribution < -0.4 is 0 Å². The Balaban J connectivity index is 3.16. The first-order valence-electron chi connectivity index (χ1n) is 4.26. The maximum Gasteiger partial charge on any atom is 0.284 e. The molecule has 3 heteroatoms. The highest BCUT2D eigenvalue weighted by atomic mass is 19.1. The molecule has 0 aliphatic rings. The summed E-state index contributed by atoms with van der Waals surface area (Å²) in [5, 5.41) is 0. The van der Waals surface area contributed by atoms with Gasteiger partial charge in [0.15, 0.2) is 5.67 Å². The molecule has 14 heavy (non-hydrogen) atoms. The Labute approximate surface area is 82.2 Å². The standard InChI is InChI=1S/C11H11F2N/c1-11(2,13)10(14-3)8-6-4-5-7-9(8)12/h4-7,10H,1-2H3. The molecule has 0 aliphatic heterocycles. The second kappa shape index (κ2) is 3.75. The molecule has 1 atom stereocenters. The van der Waals surface area contributed by atoms with Gasteiger partial charge < -0.3 is 4.85 Å². The van der Waals surface area contributed by atoms with Crippen LogP contribution in [0.2, 0.25) is 0 Å². The molecule has 0 amide bonds. The highest BCUT2D eigenvalue weighted by Gasteiger charge is 2.37. The van der Waals surface area contributed by atoms with Gasteiger partial charge in [-0.1, -0.05) is 12.1 Å². The first-order chi connectivity index (χ1) is 6.46. The van der Waals surface area contributed by atoms with Gasteiger partial charge in [-0.25, -0.2) is 15.4 Å². The molecule has 0 N–H and O–H groups in total. The minimum Gasteiger partial charge on any atom is -0.305 e. The van der Waals surface area contributed by atoms with E-state index in [1.807, 2.05) is 0 Å². The summed E-state index contributed by atoms with van der Waals surface area (Å²) in [6.07, 6.45) is 0. The van der Waals surface area contributed by atoms with Gasteiger partial charge in [0.1, 0.15) is 5.82 Å². The Bertz CT molecular complexity index is 360. The molecule has 1 aromatic rings. The topological polar surface area (TPSA) is 4.36 Å². The predicted octanol–water partition coefficient (Wildman–Crippen LogP) is 3.53. The largest absolute Gasteiger partial charge is 0.305 e. The number of rotatable bonds is 2. The third-order valence-electron chi connectivity index (χ3n) is 1.98. The summed E-state index contributed by atoms with van der Waals surface area (Å²) >= 11 is 0. The van der Waals surface area contributed by atoms with Crippen LogP contribution in [0.15, 0.2) is 24.3 Å². The molecule has 0 aliphatic carbocycles. The Morgan fingerprint density at radius 1 is 1.36 bits per heavy atom. The van der Waals surface area contributed by atoms with Crippen LogP contribution in [0.3, 0.4) is 0 Å². The highest BCUT2D eigenvalue weighted by molar-refractivity contribution is 5.26. The summed E-state index contributed by atoms with van der Waals surface area (Å²) in [7, 11) is 0.